The van der Waals surface area contributed by atoms with Gasteiger partial charge in [-0.2, -0.15) is 0 Å². The third-order valence-corrected chi connectivity index (χ3v) is 4.15. The van der Waals surface area contributed by atoms with Gasteiger partial charge in [-0.05, 0) is 55.8 Å². The highest BCUT2D eigenvalue weighted by atomic mass is 16.6. The summed E-state index contributed by atoms with van der Waals surface area (Å²) < 4.78 is 11.1. The zero-order chi connectivity index (χ0) is 19.8. The molecule has 7 heteroatoms. The van der Waals surface area contributed by atoms with Gasteiger partial charge in [-0.1, -0.05) is 18.2 Å². The van der Waals surface area contributed by atoms with Gasteiger partial charge < -0.3 is 14.6 Å². The average Bonchev–Trinajstić information content (AvgIpc) is 2.60. The fourth-order valence-corrected chi connectivity index (χ4v) is 2.94. The molecule has 0 atom stereocenters. The summed E-state index contributed by atoms with van der Waals surface area (Å²) in [5.74, 6) is -1.38. The minimum atomic E-state index is -1.38. The first-order chi connectivity index (χ1) is 12.7. The summed E-state index contributed by atoms with van der Waals surface area (Å²) >= 11 is 0. The first-order valence-corrected chi connectivity index (χ1v) is 8.61. The minimum absolute atomic E-state index is 0.260. The van der Waals surface area contributed by atoms with E-state index in [0.29, 0.717) is 23.2 Å². The predicted octanol–water partition coefficient (Wildman–Crippen LogP) is 3.29. The van der Waals surface area contributed by atoms with E-state index in [0.717, 1.165) is 17.6 Å². The van der Waals surface area contributed by atoms with Crippen molar-refractivity contribution in [3.63, 3.8) is 0 Å². The van der Waals surface area contributed by atoms with Crippen LogP contribution in [0.1, 0.15) is 43.2 Å². The molecule has 1 aliphatic heterocycles. The molecular formula is C20H21NO6. The number of nitrogens with zero attached hydrogens (tertiary/aromatic N) is 1. The normalized spacial score (nSPS) is 14.7. The number of hydrogen-bond donors (Lipinski definition) is 1. The Morgan fingerprint density at radius 2 is 1.96 bits per heavy atom. The minimum Gasteiger partial charge on any atom is -0.477 e. The molecule has 0 amide bonds. The molecule has 0 saturated heterocycles. The molecule has 0 saturated carbocycles. The summed E-state index contributed by atoms with van der Waals surface area (Å²) in [5.41, 5.74) is -0.112. The first-order valence-electron chi connectivity index (χ1n) is 8.61. The molecule has 1 aromatic carbocycles. The quantitative estimate of drug-likeness (QED) is 0.870. The predicted molar refractivity (Wildman–Crippen MR) is 100 cm³/mol. The zero-order valence-electron chi connectivity index (χ0n) is 15.4. The Kier molecular flexibility index (Phi) is 4.89. The molecule has 3 rings (SSSR count). The maximum atomic E-state index is 13.0. The van der Waals surface area contributed by atoms with Crippen molar-refractivity contribution in [2.45, 2.75) is 32.8 Å². The largest absolute Gasteiger partial charge is 0.477 e. The van der Waals surface area contributed by atoms with Crippen molar-refractivity contribution in [1.82, 2.24) is 4.57 Å². The van der Waals surface area contributed by atoms with Crippen molar-refractivity contribution in [3.8, 4) is 0 Å². The molecule has 1 aliphatic rings. The van der Waals surface area contributed by atoms with Gasteiger partial charge in [0.15, 0.2) is 0 Å². The molecule has 1 aromatic heterocycles. The molecule has 1 N–H and O–H groups in total. The van der Waals surface area contributed by atoms with E-state index in [1.54, 1.807) is 32.9 Å². The molecule has 7 nitrogen and oxygen atoms in total. The van der Waals surface area contributed by atoms with Crippen LogP contribution in [0.5, 0.6) is 0 Å². The monoisotopic (exact) mass is 371 g/mol. The molecule has 0 radical (unpaired) electrons. The van der Waals surface area contributed by atoms with Crippen molar-refractivity contribution >= 4 is 28.4 Å². The highest BCUT2D eigenvalue weighted by molar-refractivity contribution is 5.97. The van der Waals surface area contributed by atoms with Crippen LogP contribution in [0.3, 0.4) is 0 Å². The van der Waals surface area contributed by atoms with Gasteiger partial charge >= 0.3 is 12.1 Å². The molecule has 0 aliphatic carbocycles. The maximum Gasteiger partial charge on any atom is 0.422 e. The Morgan fingerprint density at radius 1 is 1.22 bits per heavy atom. The second kappa shape index (κ2) is 7.00. The molecule has 2 heterocycles. The fraction of sp³-hybridized carbons (Fsp3) is 0.350. The van der Waals surface area contributed by atoms with E-state index in [2.05, 4.69) is 0 Å². The number of pyridine rings is 1. The lowest BCUT2D eigenvalue weighted by Crippen LogP contribution is -2.36. The van der Waals surface area contributed by atoms with E-state index in [-0.39, 0.29) is 5.39 Å². The number of carboxylic acids is 1. The summed E-state index contributed by atoms with van der Waals surface area (Å²) in [6.07, 6.45) is 1.66. The van der Waals surface area contributed by atoms with E-state index < -0.39 is 28.9 Å². The molecule has 2 aromatic rings. The van der Waals surface area contributed by atoms with Gasteiger partial charge in [-0.15, -0.1) is 0 Å². The van der Waals surface area contributed by atoms with E-state index in [1.165, 1.54) is 6.07 Å². The SMILES string of the molecule is CC(C)(C)OC(=O)n1c(C(=O)O)cc2ccc(C3=CCOCC3)cc2c1=O. The zero-order valence-corrected chi connectivity index (χ0v) is 15.4. The smallest absolute Gasteiger partial charge is 0.422 e. The summed E-state index contributed by atoms with van der Waals surface area (Å²) in [5, 5.41) is 10.2. The van der Waals surface area contributed by atoms with Crippen LogP contribution in [0.25, 0.3) is 16.3 Å². The summed E-state index contributed by atoms with van der Waals surface area (Å²) in [6, 6.07) is 6.52. The summed E-state index contributed by atoms with van der Waals surface area (Å²) in [4.78, 5) is 37.1. The second-order valence-corrected chi connectivity index (χ2v) is 7.31. The summed E-state index contributed by atoms with van der Waals surface area (Å²) in [7, 11) is 0. The van der Waals surface area contributed by atoms with Crippen LogP contribution in [0.4, 0.5) is 4.79 Å². The third kappa shape index (κ3) is 3.93. The number of benzene rings is 1. The van der Waals surface area contributed by atoms with Gasteiger partial charge in [0.25, 0.3) is 5.56 Å². The number of ether oxygens (including phenoxy) is 2. The van der Waals surface area contributed by atoms with Gasteiger partial charge in [0.2, 0.25) is 0 Å². The van der Waals surface area contributed by atoms with Crippen LogP contribution in [0.2, 0.25) is 0 Å². The van der Waals surface area contributed by atoms with Crippen molar-refractivity contribution in [2.75, 3.05) is 13.2 Å². The van der Waals surface area contributed by atoms with Gasteiger partial charge in [0, 0.05) is 5.39 Å². The van der Waals surface area contributed by atoms with Crippen molar-refractivity contribution in [3.05, 3.63) is 52.0 Å². The highest BCUT2D eigenvalue weighted by Gasteiger charge is 2.25. The van der Waals surface area contributed by atoms with E-state index in [4.69, 9.17) is 9.47 Å². The van der Waals surface area contributed by atoms with E-state index in [1.807, 2.05) is 12.1 Å². The molecule has 0 unspecified atom stereocenters. The Balaban J connectivity index is 2.20. The Morgan fingerprint density at radius 3 is 2.56 bits per heavy atom. The molecule has 0 fully saturated rings. The van der Waals surface area contributed by atoms with Gasteiger partial charge in [-0.3, -0.25) is 4.79 Å². The van der Waals surface area contributed by atoms with Gasteiger partial charge in [0.05, 0.1) is 13.2 Å². The number of carboxylic acid groups (broad SMARTS) is 1. The third-order valence-electron chi connectivity index (χ3n) is 4.15. The van der Waals surface area contributed by atoms with Crippen LogP contribution in [0, 0.1) is 0 Å². The lowest BCUT2D eigenvalue weighted by molar-refractivity contribution is 0.0498. The number of fused-ring (bicyclic) bond motifs is 1. The fourth-order valence-electron chi connectivity index (χ4n) is 2.94. The topological polar surface area (TPSA) is 94.8 Å². The number of aromatic carboxylic acids is 1. The van der Waals surface area contributed by atoms with Crippen LogP contribution >= 0.6 is 0 Å². The molecular weight excluding hydrogens is 350 g/mol. The Labute approximate surface area is 155 Å². The van der Waals surface area contributed by atoms with Crippen molar-refractivity contribution in [1.29, 1.82) is 0 Å². The number of rotatable bonds is 2. The van der Waals surface area contributed by atoms with Crippen molar-refractivity contribution < 1.29 is 24.2 Å². The van der Waals surface area contributed by atoms with Gasteiger partial charge in [-0.25, -0.2) is 14.2 Å². The van der Waals surface area contributed by atoms with Crippen LogP contribution in [-0.4, -0.2) is 40.6 Å². The first kappa shape index (κ1) is 18.8. The standard InChI is InChI=1S/C20H21NO6/c1-20(2,3)27-19(25)21-16(18(23)24)11-14-5-4-13(10-15(14)17(21)22)12-6-8-26-9-7-12/h4-6,10-11H,7-9H2,1-3H3,(H,23,24). The molecule has 0 spiro atoms. The number of hydrogen-bond acceptors (Lipinski definition) is 5. The lowest BCUT2D eigenvalue weighted by Gasteiger charge is -2.21. The lowest BCUT2D eigenvalue weighted by atomic mass is 9.98. The average molecular weight is 371 g/mol. The van der Waals surface area contributed by atoms with Crippen LogP contribution in [0.15, 0.2) is 35.1 Å². The summed E-state index contributed by atoms with van der Waals surface area (Å²) in [6.45, 7) is 6.05. The number of carbonyl (C=O) groups is 2. The highest BCUT2D eigenvalue weighted by Crippen LogP contribution is 2.24. The van der Waals surface area contributed by atoms with Crippen LogP contribution < -0.4 is 5.56 Å². The van der Waals surface area contributed by atoms with E-state index in [9.17, 15) is 19.5 Å². The van der Waals surface area contributed by atoms with E-state index >= 15 is 0 Å². The maximum absolute atomic E-state index is 13.0. The second-order valence-electron chi connectivity index (χ2n) is 7.31. The molecule has 27 heavy (non-hydrogen) atoms. The Hall–Kier alpha value is -2.93. The van der Waals surface area contributed by atoms with Crippen molar-refractivity contribution in [2.24, 2.45) is 0 Å². The molecule has 0 bridgehead atoms. The molecule has 142 valence electrons. The Bertz CT molecular complexity index is 1010. The van der Waals surface area contributed by atoms with Crippen LogP contribution in [-0.2, 0) is 9.47 Å². The number of carbonyl (C=O) groups excluding carboxylic acids is 1. The number of aromatic nitrogens is 1. The van der Waals surface area contributed by atoms with Gasteiger partial charge in [0.1, 0.15) is 11.3 Å².